The van der Waals surface area contributed by atoms with Gasteiger partial charge in [-0.3, -0.25) is 10.9 Å². The minimum atomic E-state index is -3.71. The number of nitrogens with one attached hydrogen (secondary N) is 2. The molecule has 0 aromatic heterocycles. The third kappa shape index (κ3) is 4.75. The SMILES string of the molecule is Cc1ccc(S(=O)(=O)N(C)CCCC2CC(c3ccc(F)cc3)NN2)cc1F. The molecular formula is C20H25F2N3O2S. The second-order valence-electron chi connectivity index (χ2n) is 7.21. The molecule has 2 N–H and O–H groups in total. The third-order valence-electron chi connectivity index (χ3n) is 5.13. The highest BCUT2D eigenvalue weighted by Crippen LogP contribution is 2.25. The van der Waals surface area contributed by atoms with E-state index in [0.717, 1.165) is 24.5 Å². The van der Waals surface area contributed by atoms with Gasteiger partial charge in [-0.05, 0) is 61.6 Å². The smallest absolute Gasteiger partial charge is 0.242 e. The van der Waals surface area contributed by atoms with E-state index < -0.39 is 15.8 Å². The predicted octanol–water partition coefficient (Wildman–Crippen LogP) is 3.28. The lowest BCUT2D eigenvalue weighted by atomic mass is 10.00. The van der Waals surface area contributed by atoms with Crippen molar-refractivity contribution < 1.29 is 17.2 Å². The average Bonchev–Trinajstić information content (AvgIpc) is 3.13. The molecule has 5 nitrogen and oxygen atoms in total. The van der Waals surface area contributed by atoms with Crippen molar-refractivity contribution in [1.82, 2.24) is 15.2 Å². The van der Waals surface area contributed by atoms with E-state index in [9.17, 15) is 17.2 Å². The first-order chi connectivity index (χ1) is 13.3. The van der Waals surface area contributed by atoms with Gasteiger partial charge in [0.1, 0.15) is 11.6 Å². The standard InChI is InChI=1S/C20H25F2N3O2S/c1-14-5-10-18(13-19(14)22)28(26,27)25(2)11-3-4-17-12-20(24-23-17)15-6-8-16(21)9-7-15/h5-10,13,17,20,23-24H,3-4,11-12H2,1-2H3. The van der Waals surface area contributed by atoms with Gasteiger partial charge in [-0.2, -0.15) is 0 Å². The second-order valence-corrected chi connectivity index (χ2v) is 9.25. The van der Waals surface area contributed by atoms with E-state index in [1.54, 1.807) is 19.1 Å². The fourth-order valence-electron chi connectivity index (χ4n) is 3.32. The van der Waals surface area contributed by atoms with Crippen molar-refractivity contribution in [2.45, 2.75) is 43.2 Å². The van der Waals surface area contributed by atoms with E-state index in [2.05, 4.69) is 10.9 Å². The van der Waals surface area contributed by atoms with Crippen LogP contribution in [0.3, 0.4) is 0 Å². The molecule has 0 bridgehead atoms. The Morgan fingerprint density at radius 2 is 1.82 bits per heavy atom. The average molecular weight is 410 g/mol. The normalized spacial score (nSPS) is 20.0. The van der Waals surface area contributed by atoms with E-state index in [-0.39, 0.29) is 22.8 Å². The molecule has 8 heteroatoms. The molecule has 1 aliphatic rings. The van der Waals surface area contributed by atoms with Gasteiger partial charge in [-0.15, -0.1) is 0 Å². The predicted molar refractivity (Wildman–Crippen MR) is 104 cm³/mol. The molecule has 2 aromatic carbocycles. The highest BCUT2D eigenvalue weighted by atomic mass is 32.2. The Labute approximate surface area is 164 Å². The third-order valence-corrected chi connectivity index (χ3v) is 6.98. The minimum absolute atomic E-state index is 0.0323. The zero-order valence-electron chi connectivity index (χ0n) is 16.0. The van der Waals surface area contributed by atoms with E-state index in [1.807, 2.05) is 0 Å². The Morgan fingerprint density at radius 1 is 1.11 bits per heavy atom. The number of sulfonamides is 1. The fraction of sp³-hybridized carbons (Fsp3) is 0.400. The molecule has 3 rings (SSSR count). The number of hydrazine groups is 1. The molecule has 28 heavy (non-hydrogen) atoms. The summed E-state index contributed by atoms with van der Waals surface area (Å²) in [6, 6.07) is 10.7. The molecule has 0 saturated carbocycles. The highest BCUT2D eigenvalue weighted by Gasteiger charge is 2.26. The quantitative estimate of drug-likeness (QED) is 0.737. The van der Waals surface area contributed by atoms with Gasteiger partial charge in [0.25, 0.3) is 0 Å². The fourth-order valence-corrected chi connectivity index (χ4v) is 4.54. The van der Waals surface area contributed by atoms with Gasteiger partial charge in [-0.25, -0.2) is 21.5 Å². The molecule has 152 valence electrons. The highest BCUT2D eigenvalue weighted by molar-refractivity contribution is 7.89. The lowest BCUT2D eigenvalue weighted by Gasteiger charge is -2.18. The number of rotatable bonds is 7. The topological polar surface area (TPSA) is 61.4 Å². The maximum Gasteiger partial charge on any atom is 0.242 e. The van der Waals surface area contributed by atoms with Gasteiger partial charge in [0, 0.05) is 25.7 Å². The number of halogens is 2. The van der Waals surface area contributed by atoms with Gasteiger partial charge >= 0.3 is 0 Å². The first-order valence-electron chi connectivity index (χ1n) is 9.26. The van der Waals surface area contributed by atoms with Crippen molar-refractivity contribution >= 4 is 10.0 Å². The van der Waals surface area contributed by atoms with Crippen molar-refractivity contribution in [3.05, 3.63) is 65.2 Å². The van der Waals surface area contributed by atoms with Gasteiger partial charge in [0.05, 0.1) is 4.90 Å². The molecule has 2 unspecified atom stereocenters. The summed E-state index contributed by atoms with van der Waals surface area (Å²) >= 11 is 0. The molecule has 2 atom stereocenters. The Bertz CT molecular complexity index is 920. The van der Waals surface area contributed by atoms with Crippen LogP contribution in [0.4, 0.5) is 8.78 Å². The molecule has 1 heterocycles. The number of nitrogens with zero attached hydrogens (tertiary/aromatic N) is 1. The number of aryl methyl sites for hydroxylation is 1. The molecule has 1 saturated heterocycles. The van der Waals surface area contributed by atoms with Crippen LogP contribution in [0.25, 0.3) is 0 Å². The summed E-state index contributed by atoms with van der Waals surface area (Å²) in [5.41, 5.74) is 7.84. The second kappa shape index (κ2) is 8.65. The number of hydrogen-bond acceptors (Lipinski definition) is 4. The van der Waals surface area contributed by atoms with Gasteiger partial charge in [-0.1, -0.05) is 18.2 Å². The Kier molecular flexibility index (Phi) is 6.44. The van der Waals surface area contributed by atoms with Crippen LogP contribution in [0.15, 0.2) is 47.4 Å². The molecule has 0 spiro atoms. The maximum atomic E-state index is 13.7. The van der Waals surface area contributed by atoms with E-state index >= 15 is 0 Å². The van der Waals surface area contributed by atoms with Crippen molar-refractivity contribution in [3.8, 4) is 0 Å². The van der Waals surface area contributed by atoms with Gasteiger partial charge in [0.15, 0.2) is 0 Å². The van der Waals surface area contributed by atoms with Crippen LogP contribution >= 0.6 is 0 Å². The zero-order chi connectivity index (χ0) is 20.3. The summed E-state index contributed by atoms with van der Waals surface area (Å²) in [5.74, 6) is -0.786. The van der Waals surface area contributed by atoms with E-state index in [0.29, 0.717) is 18.5 Å². The zero-order valence-corrected chi connectivity index (χ0v) is 16.8. The van der Waals surface area contributed by atoms with Gasteiger partial charge < -0.3 is 0 Å². The van der Waals surface area contributed by atoms with Crippen LogP contribution in [-0.4, -0.2) is 32.4 Å². The molecule has 0 aliphatic carbocycles. The molecular weight excluding hydrogens is 384 g/mol. The Morgan fingerprint density at radius 3 is 2.50 bits per heavy atom. The van der Waals surface area contributed by atoms with Crippen molar-refractivity contribution in [2.24, 2.45) is 0 Å². The minimum Gasteiger partial charge on any atom is -0.254 e. The first kappa shape index (κ1) is 20.9. The number of benzene rings is 2. The maximum absolute atomic E-state index is 13.7. The first-order valence-corrected chi connectivity index (χ1v) is 10.7. The molecule has 1 aliphatic heterocycles. The summed E-state index contributed by atoms with van der Waals surface area (Å²) in [4.78, 5) is -0.0323. The molecule has 1 fully saturated rings. The van der Waals surface area contributed by atoms with Crippen molar-refractivity contribution in [1.29, 1.82) is 0 Å². The summed E-state index contributed by atoms with van der Waals surface area (Å²) in [7, 11) is -2.20. The summed E-state index contributed by atoms with van der Waals surface area (Å²) in [6.45, 7) is 1.94. The van der Waals surface area contributed by atoms with Crippen molar-refractivity contribution in [3.63, 3.8) is 0 Å². The van der Waals surface area contributed by atoms with Crippen LogP contribution in [-0.2, 0) is 10.0 Å². The summed E-state index contributed by atoms with van der Waals surface area (Å²) in [5, 5.41) is 0. The summed E-state index contributed by atoms with van der Waals surface area (Å²) in [6.07, 6.45) is 2.29. The monoisotopic (exact) mass is 409 g/mol. The van der Waals surface area contributed by atoms with E-state index in [4.69, 9.17) is 0 Å². The number of hydrogen-bond donors (Lipinski definition) is 2. The van der Waals surface area contributed by atoms with Gasteiger partial charge in [0.2, 0.25) is 10.0 Å². The lowest BCUT2D eigenvalue weighted by molar-refractivity contribution is 0.427. The van der Waals surface area contributed by atoms with Crippen molar-refractivity contribution in [2.75, 3.05) is 13.6 Å². The molecule has 0 radical (unpaired) electrons. The largest absolute Gasteiger partial charge is 0.254 e. The van der Waals surface area contributed by atoms with Crippen LogP contribution < -0.4 is 10.9 Å². The molecule has 2 aromatic rings. The van der Waals surface area contributed by atoms with Crippen LogP contribution in [0.5, 0.6) is 0 Å². The molecule has 0 amide bonds. The Hall–Kier alpha value is -1.87. The Balaban J connectivity index is 1.50. The van der Waals surface area contributed by atoms with Crippen LogP contribution in [0.1, 0.15) is 36.4 Å². The van der Waals surface area contributed by atoms with E-state index in [1.165, 1.54) is 35.6 Å². The van der Waals surface area contributed by atoms with Crippen LogP contribution in [0.2, 0.25) is 0 Å². The summed E-state index contributed by atoms with van der Waals surface area (Å²) < 4.78 is 53.2. The lowest BCUT2D eigenvalue weighted by Crippen LogP contribution is -2.32. The van der Waals surface area contributed by atoms with Crippen LogP contribution in [0, 0.1) is 18.6 Å².